The predicted molar refractivity (Wildman–Crippen MR) is 157 cm³/mol. The molecule has 3 fully saturated rings. The first-order valence-electron chi connectivity index (χ1n) is 13.7. The van der Waals surface area contributed by atoms with E-state index in [9.17, 15) is 14.4 Å². The zero-order chi connectivity index (χ0) is 28.0. The van der Waals surface area contributed by atoms with Gasteiger partial charge < -0.3 is 21.3 Å². The first kappa shape index (κ1) is 30.0. The Bertz CT molecular complexity index is 1290. The van der Waals surface area contributed by atoms with Crippen LogP contribution in [0.5, 0.6) is 0 Å². The molecule has 5 N–H and O–H groups in total. The molecule has 1 saturated heterocycles. The summed E-state index contributed by atoms with van der Waals surface area (Å²) in [6, 6.07) is 9.17. The Morgan fingerprint density at radius 2 is 1.62 bits per heavy atom. The molecule has 1 aliphatic heterocycles. The molecule has 5 rings (SSSR count). The van der Waals surface area contributed by atoms with Crippen LogP contribution in [0.1, 0.15) is 51.5 Å². The Kier molecular flexibility index (Phi) is 8.33. The lowest BCUT2D eigenvalue weighted by Crippen LogP contribution is -2.58. The van der Waals surface area contributed by atoms with E-state index in [0.29, 0.717) is 31.9 Å². The average Bonchev–Trinajstić information content (AvgIpc) is 3.44. The molecular formula is C28H41ClN8O3. The third-order valence-electron chi connectivity index (χ3n) is 8.75. The van der Waals surface area contributed by atoms with Crippen molar-refractivity contribution in [2.24, 2.45) is 11.5 Å². The van der Waals surface area contributed by atoms with Gasteiger partial charge in [-0.25, -0.2) is 9.59 Å². The van der Waals surface area contributed by atoms with E-state index in [2.05, 4.69) is 22.2 Å². The Balaban J connectivity index is 0.00000370. The quantitative estimate of drug-likeness (QED) is 0.480. The van der Waals surface area contributed by atoms with Crippen molar-refractivity contribution in [1.29, 1.82) is 0 Å². The van der Waals surface area contributed by atoms with Gasteiger partial charge in [-0.15, -0.1) is 12.4 Å². The Labute approximate surface area is 241 Å². The number of hydrogen-bond donors (Lipinski definition) is 3. The number of halogens is 1. The number of benzene rings is 1. The number of piperazine rings is 1. The first-order valence-corrected chi connectivity index (χ1v) is 13.7. The van der Waals surface area contributed by atoms with E-state index in [-0.39, 0.29) is 41.2 Å². The second-order valence-electron chi connectivity index (χ2n) is 12.2. The molecule has 3 amide bonds. The summed E-state index contributed by atoms with van der Waals surface area (Å²) in [6.45, 7) is 5.74. The molecule has 1 aromatic carbocycles. The third-order valence-corrected chi connectivity index (χ3v) is 8.75. The molecule has 218 valence electrons. The second-order valence-corrected chi connectivity index (χ2v) is 12.2. The van der Waals surface area contributed by atoms with E-state index >= 15 is 0 Å². The fourth-order valence-corrected chi connectivity index (χ4v) is 6.32. The summed E-state index contributed by atoms with van der Waals surface area (Å²) < 4.78 is 1.46. The fourth-order valence-electron chi connectivity index (χ4n) is 6.32. The van der Waals surface area contributed by atoms with Gasteiger partial charge in [-0.2, -0.15) is 4.98 Å². The molecule has 0 atom stereocenters. The van der Waals surface area contributed by atoms with E-state index in [1.165, 1.54) is 10.1 Å². The van der Waals surface area contributed by atoms with Crippen LogP contribution < -0.4 is 22.5 Å². The maximum Gasteiger partial charge on any atom is 0.354 e. The number of hydrogen-bond acceptors (Lipinski definition) is 7. The highest BCUT2D eigenvalue weighted by Gasteiger charge is 2.54. The molecule has 2 heterocycles. The molecule has 2 bridgehead atoms. The lowest BCUT2D eigenvalue weighted by atomic mass is 9.90. The van der Waals surface area contributed by atoms with E-state index in [1.54, 1.807) is 35.9 Å². The number of anilines is 1. The summed E-state index contributed by atoms with van der Waals surface area (Å²) in [5, 5.41) is 2.70. The maximum absolute atomic E-state index is 12.8. The topological polar surface area (TPSA) is 143 Å². The second kappa shape index (κ2) is 11.1. The first-order chi connectivity index (χ1) is 18.4. The van der Waals surface area contributed by atoms with E-state index in [0.717, 1.165) is 38.6 Å². The smallest absolute Gasteiger partial charge is 0.338 e. The van der Waals surface area contributed by atoms with E-state index in [4.69, 9.17) is 11.5 Å². The number of aromatic nitrogens is 2. The average molecular weight is 573 g/mol. The number of urea groups is 1. The number of fused-ring (bicyclic) bond motifs is 2. The van der Waals surface area contributed by atoms with Crippen molar-refractivity contribution in [3.05, 3.63) is 52.6 Å². The van der Waals surface area contributed by atoms with Crippen LogP contribution >= 0.6 is 12.4 Å². The molecule has 2 aliphatic carbocycles. The number of nitrogens with one attached hydrogen (secondary N) is 1. The molecule has 2 aromatic rings. The van der Waals surface area contributed by atoms with Crippen LogP contribution in [0.15, 0.2) is 41.3 Å². The van der Waals surface area contributed by atoms with Gasteiger partial charge in [0.2, 0.25) is 5.91 Å². The Morgan fingerprint density at radius 1 is 1.02 bits per heavy atom. The highest BCUT2D eigenvalue weighted by Crippen LogP contribution is 2.52. The third kappa shape index (κ3) is 6.02. The molecule has 2 saturated carbocycles. The van der Waals surface area contributed by atoms with Gasteiger partial charge in [0.25, 0.3) is 0 Å². The zero-order valence-electron chi connectivity index (χ0n) is 23.6. The van der Waals surface area contributed by atoms with Gasteiger partial charge in [0, 0.05) is 50.0 Å². The van der Waals surface area contributed by atoms with E-state index in [1.807, 2.05) is 24.3 Å². The number of carbonyl (C=O) groups excluding carboxylic acids is 2. The minimum Gasteiger partial charge on any atom is -0.338 e. The molecule has 0 radical (unpaired) electrons. The largest absolute Gasteiger partial charge is 0.354 e. The lowest BCUT2D eigenvalue weighted by molar-refractivity contribution is -0.137. The van der Waals surface area contributed by atoms with Crippen molar-refractivity contribution < 1.29 is 9.59 Å². The summed E-state index contributed by atoms with van der Waals surface area (Å²) in [4.78, 5) is 47.6. The van der Waals surface area contributed by atoms with Crippen molar-refractivity contribution in [1.82, 2.24) is 24.3 Å². The normalized spacial score (nSPS) is 24.2. The monoisotopic (exact) mass is 572 g/mol. The molecular weight excluding hydrogens is 532 g/mol. The SMILES string of the molecule is CN(Cc1ccc(-n2ccc(NC(=O)N3CCN(C(=O)C(C)(C)N)CC3)nc2=O)cc1)C12CCC(N)(CC1)C2.Cl. The molecule has 12 heteroatoms. The van der Waals surface area contributed by atoms with Gasteiger partial charge in [-0.05, 0) is 76.8 Å². The summed E-state index contributed by atoms with van der Waals surface area (Å²) in [6.07, 6.45) is 7.21. The number of nitrogens with zero attached hydrogens (tertiary/aromatic N) is 5. The molecule has 0 spiro atoms. The van der Waals surface area contributed by atoms with Gasteiger partial charge in [0.1, 0.15) is 5.82 Å². The van der Waals surface area contributed by atoms with Crippen LogP contribution in [-0.2, 0) is 11.3 Å². The van der Waals surface area contributed by atoms with Crippen LogP contribution in [0.3, 0.4) is 0 Å². The Hall–Kier alpha value is -2.99. The fraction of sp³-hybridized carbons (Fsp3) is 0.571. The van der Waals surface area contributed by atoms with Crippen molar-refractivity contribution >= 4 is 30.2 Å². The van der Waals surface area contributed by atoms with Crippen molar-refractivity contribution in [2.75, 3.05) is 38.5 Å². The summed E-state index contributed by atoms with van der Waals surface area (Å²) in [5.74, 6) is 0.0438. The molecule has 40 heavy (non-hydrogen) atoms. The van der Waals surface area contributed by atoms with Gasteiger partial charge in [-0.3, -0.25) is 19.6 Å². The summed E-state index contributed by atoms with van der Waals surface area (Å²) in [5.41, 5.74) is 13.1. The molecule has 0 unspecified atom stereocenters. The lowest BCUT2D eigenvalue weighted by Gasteiger charge is -2.37. The highest BCUT2D eigenvalue weighted by molar-refractivity contribution is 5.89. The van der Waals surface area contributed by atoms with Crippen molar-refractivity contribution in [3.8, 4) is 5.69 Å². The number of rotatable bonds is 6. The van der Waals surface area contributed by atoms with Crippen LogP contribution in [0.25, 0.3) is 5.69 Å². The van der Waals surface area contributed by atoms with Gasteiger partial charge in [0.05, 0.1) is 11.2 Å². The number of nitrogens with two attached hydrogens (primary N) is 2. The van der Waals surface area contributed by atoms with Crippen LogP contribution in [0.2, 0.25) is 0 Å². The van der Waals surface area contributed by atoms with Crippen LogP contribution in [0, 0.1) is 0 Å². The van der Waals surface area contributed by atoms with Crippen LogP contribution in [-0.4, -0.2) is 86.0 Å². The molecule has 3 aliphatic rings. The zero-order valence-corrected chi connectivity index (χ0v) is 24.4. The number of carbonyl (C=O) groups is 2. The highest BCUT2D eigenvalue weighted by atomic mass is 35.5. The summed E-state index contributed by atoms with van der Waals surface area (Å²) >= 11 is 0. The van der Waals surface area contributed by atoms with Gasteiger partial charge in [-0.1, -0.05) is 12.1 Å². The molecule has 1 aromatic heterocycles. The van der Waals surface area contributed by atoms with E-state index < -0.39 is 11.2 Å². The number of amides is 3. The molecule has 11 nitrogen and oxygen atoms in total. The minimum atomic E-state index is -0.946. The minimum absolute atomic E-state index is 0. The maximum atomic E-state index is 12.8. The predicted octanol–water partition coefficient (Wildman–Crippen LogP) is 1.91. The van der Waals surface area contributed by atoms with Crippen LogP contribution in [0.4, 0.5) is 10.6 Å². The van der Waals surface area contributed by atoms with Gasteiger partial charge in [0.15, 0.2) is 0 Å². The summed E-state index contributed by atoms with van der Waals surface area (Å²) in [7, 11) is 2.19. The standard InChI is InChI=1S/C28H40N8O3.ClH/c1-26(2,29)23(37)34-14-16-35(17-15-34)24(38)31-22-8-13-36(25(39)32-22)21-6-4-20(5-7-21)18-33(3)28-11-9-27(30,19-28)10-12-28;/h4-8,13H,9-12,14-19,29-30H2,1-3H3,(H,31,32,38,39);1H. The van der Waals surface area contributed by atoms with Crippen molar-refractivity contribution in [2.45, 2.75) is 69.1 Å². The van der Waals surface area contributed by atoms with Gasteiger partial charge >= 0.3 is 11.7 Å². The van der Waals surface area contributed by atoms with Crippen molar-refractivity contribution in [3.63, 3.8) is 0 Å². The Morgan fingerprint density at radius 3 is 2.15 bits per heavy atom.